The lowest BCUT2D eigenvalue weighted by molar-refractivity contribution is 0.0891. The van der Waals surface area contributed by atoms with Crippen molar-refractivity contribution in [3.63, 3.8) is 0 Å². The largest absolute Gasteiger partial charge is 0.376 e. The van der Waals surface area contributed by atoms with Crippen LogP contribution in [0.4, 0.5) is 0 Å². The third-order valence-electron chi connectivity index (χ3n) is 3.99. The normalized spacial score (nSPS) is 19.1. The SMILES string of the molecule is CC(C)n1nc(C(=O)NC2CCC2)c2c1CCOC2. The van der Waals surface area contributed by atoms with Gasteiger partial charge in [-0.3, -0.25) is 9.48 Å². The molecule has 0 bridgehead atoms. The molecule has 104 valence electrons. The molecule has 0 radical (unpaired) electrons. The summed E-state index contributed by atoms with van der Waals surface area (Å²) < 4.78 is 7.47. The maximum atomic E-state index is 12.3. The van der Waals surface area contributed by atoms with Crippen LogP contribution in [0, 0.1) is 0 Å². The van der Waals surface area contributed by atoms with Gasteiger partial charge in [-0.15, -0.1) is 0 Å². The van der Waals surface area contributed by atoms with E-state index in [0.717, 1.165) is 31.4 Å². The molecule has 0 unspecified atom stereocenters. The van der Waals surface area contributed by atoms with Crippen molar-refractivity contribution in [1.29, 1.82) is 0 Å². The van der Waals surface area contributed by atoms with Crippen LogP contribution in [-0.2, 0) is 17.8 Å². The molecule has 5 heteroatoms. The van der Waals surface area contributed by atoms with Gasteiger partial charge in [-0.1, -0.05) is 0 Å². The quantitative estimate of drug-likeness (QED) is 0.905. The van der Waals surface area contributed by atoms with Gasteiger partial charge < -0.3 is 10.1 Å². The molecule has 1 aromatic rings. The summed E-state index contributed by atoms with van der Waals surface area (Å²) in [5.74, 6) is -0.0362. The third kappa shape index (κ3) is 2.27. The van der Waals surface area contributed by atoms with Crippen LogP contribution >= 0.6 is 0 Å². The molecule has 1 aliphatic carbocycles. The van der Waals surface area contributed by atoms with E-state index >= 15 is 0 Å². The molecule has 0 saturated heterocycles. The predicted molar refractivity (Wildman–Crippen MR) is 71.1 cm³/mol. The number of hydrogen-bond donors (Lipinski definition) is 1. The Hall–Kier alpha value is -1.36. The molecule has 1 N–H and O–H groups in total. The number of carbonyl (C=O) groups excluding carboxylic acids is 1. The molecule has 19 heavy (non-hydrogen) atoms. The maximum absolute atomic E-state index is 12.3. The van der Waals surface area contributed by atoms with E-state index in [4.69, 9.17) is 4.74 Å². The molecular formula is C14H21N3O2. The van der Waals surface area contributed by atoms with Crippen molar-refractivity contribution in [3.05, 3.63) is 17.0 Å². The van der Waals surface area contributed by atoms with E-state index in [1.807, 2.05) is 4.68 Å². The van der Waals surface area contributed by atoms with Crippen molar-refractivity contribution < 1.29 is 9.53 Å². The maximum Gasteiger partial charge on any atom is 0.272 e. The average Bonchev–Trinajstić information content (AvgIpc) is 2.73. The Bertz CT molecular complexity index is 489. The molecule has 2 heterocycles. The highest BCUT2D eigenvalue weighted by Crippen LogP contribution is 2.25. The second kappa shape index (κ2) is 4.96. The lowest BCUT2D eigenvalue weighted by Crippen LogP contribution is -2.40. The Morgan fingerprint density at radius 3 is 2.89 bits per heavy atom. The topological polar surface area (TPSA) is 56.2 Å². The van der Waals surface area contributed by atoms with Gasteiger partial charge in [0.25, 0.3) is 5.91 Å². The Morgan fingerprint density at radius 1 is 1.47 bits per heavy atom. The van der Waals surface area contributed by atoms with Crippen LogP contribution in [0.5, 0.6) is 0 Å². The fourth-order valence-corrected chi connectivity index (χ4v) is 2.68. The zero-order valence-corrected chi connectivity index (χ0v) is 11.6. The Labute approximate surface area is 113 Å². The molecule has 1 aliphatic heterocycles. The number of carbonyl (C=O) groups is 1. The number of amides is 1. The average molecular weight is 263 g/mol. The fourth-order valence-electron chi connectivity index (χ4n) is 2.68. The Morgan fingerprint density at radius 2 is 2.26 bits per heavy atom. The highest BCUT2D eigenvalue weighted by molar-refractivity contribution is 5.94. The summed E-state index contributed by atoms with van der Waals surface area (Å²) in [6, 6.07) is 0.619. The van der Waals surface area contributed by atoms with Gasteiger partial charge in [0.15, 0.2) is 5.69 Å². The number of ether oxygens (including phenoxy) is 1. The minimum absolute atomic E-state index is 0.0362. The number of nitrogens with zero attached hydrogens (tertiary/aromatic N) is 2. The minimum Gasteiger partial charge on any atom is -0.376 e. The molecule has 3 rings (SSSR count). The molecule has 2 aliphatic rings. The molecular weight excluding hydrogens is 242 g/mol. The van der Waals surface area contributed by atoms with Crippen molar-refractivity contribution in [1.82, 2.24) is 15.1 Å². The Kier molecular flexibility index (Phi) is 3.31. The lowest BCUT2D eigenvalue weighted by Gasteiger charge is -2.26. The predicted octanol–water partition coefficient (Wildman–Crippen LogP) is 1.82. The molecule has 1 saturated carbocycles. The summed E-state index contributed by atoms with van der Waals surface area (Å²) in [4.78, 5) is 12.3. The van der Waals surface area contributed by atoms with E-state index in [1.165, 1.54) is 12.1 Å². The first-order valence-corrected chi connectivity index (χ1v) is 7.15. The van der Waals surface area contributed by atoms with Gasteiger partial charge in [0, 0.05) is 29.8 Å². The zero-order chi connectivity index (χ0) is 13.4. The second-order valence-corrected chi connectivity index (χ2v) is 5.72. The van der Waals surface area contributed by atoms with E-state index < -0.39 is 0 Å². The van der Waals surface area contributed by atoms with Crippen molar-refractivity contribution in [3.8, 4) is 0 Å². The van der Waals surface area contributed by atoms with Gasteiger partial charge in [0.2, 0.25) is 0 Å². The molecule has 1 amide bonds. The van der Waals surface area contributed by atoms with Crippen LogP contribution in [0.3, 0.4) is 0 Å². The third-order valence-corrected chi connectivity index (χ3v) is 3.99. The highest BCUT2D eigenvalue weighted by atomic mass is 16.5. The standard InChI is InChI=1S/C14H21N3O2/c1-9(2)17-12-6-7-19-8-11(12)13(16-17)14(18)15-10-4-3-5-10/h9-10H,3-8H2,1-2H3,(H,15,18). The van der Waals surface area contributed by atoms with Crippen molar-refractivity contribution >= 4 is 5.91 Å². The number of nitrogens with one attached hydrogen (secondary N) is 1. The molecule has 0 spiro atoms. The molecule has 1 fully saturated rings. The molecule has 0 atom stereocenters. The molecule has 0 aromatic carbocycles. The van der Waals surface area contributed by atoms with Gasteiger partial charge in [0.05, 0.1) is 13.2 Å². The van der Waals surface area contributed by atoms with Crippen molar-refractivity contribution in [2.45, 2.75) is 58.2 Å². The van der Waals surface area contributed by atoms with Crippen molar-refractivity contribution in [2.24, 2.45) is 0 Å². The fraction of sp³-hybridized carbons (Fsp3) is 0.714. The van der Waals surface area contributed by atoms with Crippen LogP contribution in [-0.4, -0.2) is 28.3 Å². The first-order valence-electron chi connectivity index (χ1n) is 7.15. The zero-order valence-electron chi connectivity index (χ0n) is 11.6. The first-order chi connectivity index (χ1) is 9.16. The van der Waals surface area contributed by atoms with E-state index in [-0.39, 0.29) is 11.9 Å². The summed E-state index contributed by atoms with van der Waals surface area (Å²) in [6.07, 6.45) is 4.24. The smallest absolute Gasteiger partial charge is 0.272 e. The lowest BCUT2D eigenvalue weighted by atomic mass is 9.93. The Balaban J connectivity index is 1.89. The van der Waals surface area contributed by atoms with Crippen molar-refractivity contribution in [2.75, 3.05) is 6.61 Å². The van der Waals surface area contributed by atoms with Gasteiger partial charge in [0.1, 0.15) is 0 Å². The summed E-state index contributed by atoms with van der Waals surface area (Å²) >= 11 is 0. The number of aromatic nitrogens is 2. The number of fused-ring (bicyclic) bond motifs is 1. The summed E-state index contributed by atoms with van der Waals surface area (Å²) in [5.41, 5.74) is 2.71. The number of rotatable bonds is 3. The number of hydrogen-bond acceptors (Lipinski definition) is 3. The van der Waals surface area contributed by atoms with E-state index in [9.17, 15) is 4.79 Å². The van der Waals surface area contributed by atoms with E-state index in [2.05, 4.69) is 24.3 Å². The van der Waals surface area contributed by atoms with Crippen LogP contribution < -0.4 is 5.32 Å². The summed E-state index contributed by atoms with van der Waals surface area (Å²) in [6.45, 7) is 5.41. The van der Waals surface area contributed by atoms with Gasteiger partial charge in [-0.2, -0.15) is 5.10 Å². The second-order valence-electron chi connectivity index (χ2n) is 5.72. The van der Waals surface area contributed by atoms with Crippen LogP contribution in [0.15, 0.2) is 0 Å². The van der Waals surface area contributed by atoms with E-state index in [0.29, 0.717) is 18.3 Å². The van der Waals surface area contributed by atoms with Crippen LogP contribution in [0.25, 0.3) is 0 Å². The summed E-state index contributed by atoms with van der Waals surface area (Å²) in [7, 11) is 0. The molecule has 1 aromatic heterocycles. The van der Waals surface area contributed by atoms with Crippen LogP contribution in [0.1, 0.15) is 60.9 Å². The monoisotopic (exact) mass is 263 g/mol. The first kappa shape index (κ1) is 12.7. The van der Waals surface area contributed by atoms with Gasteiger partial charge in [-0.05, 0) is 33.1 Å². The van der Waals surface area contributed by atoms with Gasteiger partial charge >= 0.3 is 0 Å². The highest BCUT2D eigenvalue weighted by Gasteiger charge is 2.28. The van der Waals surface area contributed by atoms with Gasteiger partial charge in [-0.25, -0.2) is 0 Å². The van der Waals surface area contributed by atoms with E-state index in [1.54, 1.807) is 0 Å². The molecule has 5 nitrogen and oxygen atoms in total. The minimum atomic E-state index is -0.0362. The van der Waals surface area contributed by atoms with Crippen LogP contribution in [0.2, 0.25) is 0 Å². The summed E-state index contributed by atoms with van der Waals surface area (Å²) in [5, 5.41) is 7.59.